The van der Waals surface area contributed by atoms with E-state index in [4.69, 9.17) is 0 Å². The number of amides is 4. The lowest BCUT2D eigenvalue weighted by Crippen LogP contribution is -2.47. The van der Waals surface area contributed by atoms with E-state index in [9.17, 15) is 28.8 Å². The summed E-state index contributed by atoms with van der Waals surface area (Å²) in [6.45, 7) is 7.94. The first-order valence-electron chi connectivity index (χ1n) is 21.2. The molecule has 0 fully saturated rings. The van der Waals surface area contributed by atoms with Gasteiger partial charge in [0.1, 0.15) is 11.8 Å². The van der Waals surface area contributed by atoms with E-state index in [0.717, 1.165) is 38.5 Å². The molecule has 4 N–H and O–H groups in total. The van der Waals surface area contributed by atoms with Gasteiger partial charge in [0.05, 0.1) is 12.5 Å². The fourth-order valence-electron chi connectivity index (χ4n) is 6.30. The lowest BCUT2D eigenvalue weighted by atomic mass is 10.0. The van der Waals surface area contributed by atoms with Gasteiger partial charge < -0.3 is 21.3 Å². The molecule has 2 atom stereocenters. The summed E-state index contributed by atoms with van der Waals surface area (Å²) in [5, 5.41) is 11.0. The van der Waals surface area contributed by atoms with E-state index < -0.39 is 12.1 Å². The first-order chi connectivity index (χ1) is 25.1. The Morgan fingerprint density at radius 1 is 0.404 bits per heavy atom. The van der Waals surface area contributed by atoms with Crippen LogP contribution < -0.4 is 21.3 Å². The second kappa shape index (κ2) is 35.3. The molecule has 0 saturated heterocycles. The largest absolute Gasteiger partial charge is 0.356 e. The van der Waals surface area contributed by atoms with Gasteiger partial charge in [0.25, 0.3) is 0 Å². The van der Waals surface area contributed by atoms with Gasteiger partial charge in [-0.15, -0.1) is 0 Å². The molecule has 0 saturated carbocycles. The fraction of sp³-hybridized carbons (Fsp3) is 0.857. The summed E-state index contributed by atoms with van der Waals surface area (Å²) >= 11 is 0. The van der Waals surface area contributed by atoms with Crippen LogP contribution in [0.15, 0.2) is 0 Å². The molecule has 0 bridgehead atoms. The number of Topliss-reactive ketones (excluding diaryl/α,β-unsaturated/α-hetero) is 2. The zero-order valence-electron chi connectivity index (χ0n) is 33.8. The average Bonchev–Trinajstić information content (AvgIpc) is 3.10. The Bertz CT molecular complexity index is 972. The molecule has 0 rings (SSSR count). The Morgan fingerprint density at radius 3 is 1.15 bits per heavy atom. The molecule has 0 aliphatic rings. The highest BCUT2D eigenvalue weighted by atomic mass is 16.2. The van der Waals surface area contributed by atoms with E-state index in [2.05, 4.69) is 35.1 Å². The zero-order valence-corrected chi connectivity index (χ0v) is 33.8. The minimum atomic E-state index is -0.897. The summed E-state index contributed by atoms with van der Waals surface area (Å²) in [6, 6.07) is -1.74. The van der Waals surface area contributed by atoms with Gasteiger partial charge in [0.2, 0.25) is 23.6 Å². The standard InChI is InChI=1S/C42H78N4O6/c1-5-7-9-11-13-15-17-19-21-23-25-29-39(49)45-37(36(4)48)34-41(51)43-31-27-28-32-44-42(52)38(33-35(3)47)46-40(50)30-26-24-22-20-18-16-14-12-10-8-6-2/h37-38H,5-34H2,1-4H3,(H,43,51)(H,44,52)(H,45,49)(H,46,50). The quantitative estimate of drug-likeness (QED) is 0.0472. The number of rotatable bonds is 37. The van der Waals surface area contributed by atoms with Gasteiger partial charge in [0, 0.05) is 32.4 Å². The fourth-order valence-corrected chi connectivity index (χ4v) is 6.30. The second-order valence-electron chi connectivity index (χ2n) is 14.9. The van der Waals surface area contributed by atoms with Crippen molar-refractivity contribution >= 4 is 35.2 Å². The Hall–Kier alpha value is -2.78. The van der Waals surface area contributed by atoms with E-state index >= 15 is 0 Å². The number of carbonyl (C=O) groups excluding carboxylic acids is 6. The maximum Gasteiger partial charge on any atom is 0.243 e. The highest BCUT2D eigenvalue weighted by molar-refractivity contribution is 5.92. The molecule has 0 aliphatic carbocycles. The van der Waals surface area contributed by atoms with Gasteiger partial charge >= 0.3 is 0 Å². The van der Waals surface area contributed by atoms with Crippen molar-refractivity contribution < 1.29 is 28.8 Å². The van der Waals surface area contributed by atoms with E-state index in [1.807, 2.05) is 0 Å². The number of carbonyl (C=O) groups is 6. The van der Waals surface area contributed by atoms with Crippen LogP contribution in [0.1, 0.15) is 207 Å². The number of nitrogens with one attached hydrogen (secondary N) is 4. The van der Waals surface area contributed by atoms with Crippen molar-refractivity contribution in [3.63, 3.8) is 0 Å². The minimum absolute atomic E-state index is 0.0565. The zero-order chi connectivity index (χ0) is 38.7. The third-order valence-electron chi connectivity index (χ3n) is 9.60. The molecular formula is C42H78N4O6. The van der Waals surface area contributed by atoms with Crippen molar-refractivity contribution in [1.82, 2.24) is 21.3 Å². The number of ketones is 2. The van der Waals surface area contributed by atoms with E-state index in [1.54, 1.807) is 0 Å². The summed E-state index contributed by atoms with van der Waals surface area (Å²) in [4.78, 5) is 74.0. The molecule has 0 spiro atoms. The molecule has 0 radical (unpaired) electrons. The Labute approximate surface area is 317 Å². The van der Waals surface area contributed by atoms with Gasteiger partial charge in [0.15, 0.2) is 5.78 Å². The minimum Gasteiger partial charge on any atom is -0.356 e. The summed E-state index contributed by atoms with van der Waals surface area (Å²) in [5.74, 6) is -1.55. The van der Waals surface area contributed by atoms with Crippen molar-refractivity contribution in [2.75, 3.05) is 13.1 Å². The smallest absolute Gasteiger partial charge is 0.243 e. The monoisotopic (exact) mass is 735 g/mol. The maximum absolute atomic E-state index is 12.7. The normalized spacial score (nSPS) is 12.2. The van der Waals surface area contributed by atoms with Crippen LogP contribution in [0.2, 0.25) is 0 Å². The van der Waals surface area contributed by atoms with Gasteiger partial charge in [-0.1, -0.05) is 142 Å². The summed E-state index contributed by atoms with van der Waals surface area (Å²) in [5.41, 5.74) is 0. The van der Waals surface area contributed by atoms with Crippen molar-refractivity contribution in [3.8, 4) is 0 Å². The number of unbranched alkanes of at least 4 members (excludes halogenated alkanes) is 21. The van der Waals surface area contributed by atoms with Crippen LogP contribution in [-0.2, 0) is 28.8 Å². The Kier molecular flexibility index (Phi) is 33.4. The number of hydrogen-bond acceptors (Lipinski definition) is 6. The molecule has 0 aliphatic heterocycles. The first-order valence-corrected chi connectivity index (χ1v) is 21.2. The molecule has 0 heterocycles. The highest BCUT2D eigenvalue weighted by Crippen LogP contribution is 2.13. The SMILES string of the molecule is CCCCCCCCCCCCCC(=O)NC(CC(=O)NCCCCNC(=O)C(CC(C)=O)NC(=O)CCCCCCCCCCCCC)C(C)=O. The number of hydrogen-bond donors (Lipinski definition) is 4. The maximum atomic E-state index is 12.7. The van der Waals surface area contributed by atoms with Gasteiger partial charge in [-0.05, 0) is 39.5 Å². The van der Waals surface area contributed by atoms with Crippen LogP contribution in [0.5, 0.6) is 0 Å². The van der Waals surface area contributed by atoms with E-state index in [-0.39, 0.29) is 48.0 Å². The van der Waals surface area contributed by atoms with Crippen molar-refractivity contribution in [2.24, 2.45) is 0 Å². The van der Waals surface area contributed by atoms with Gasteiger partial charge in [-0.2, -0.15) is 0 Å². The summed E-state index contributed by atoms with van der Waals surface area (Å²) in [6.07, 6.45) is 28.0. The molecular weight excluding hydrogens is 656 g/mol. The molecule has 302 valence electrons. The molecule has 2 unspecified atom stereocenters. The van der Waals surface area contributed by atoms with Crippen molar-refractivity contribution in [1.29, 1.82) is 0 Å². The van der Waals surface area contributed by atoms with Crippen LogP contribution >= 0.6 is 0 Å². The molecule has 10 heteroatoms. The molecule has 4 amide bonds. The predicted molar refractivity (Wildman–Crippen MR) is 212 cm³/mol. The van der Waals surface area contributed by atoms with Crippen LogP contribution in [0.25, 0.3) is 0 Å². The Balaban J connectivity index is 4.15. The summed E-state index contributed by atoms with van der Waals surface area (Å²) < 4.78 is 0. The van der Waals surface area contributed by atoms with Crippen molar-refractivity contribution in [3.05, 3.63) is 0 Å². The lowest BCUT2D eigenvalue weighted by Gasteiger charge is -2.18. The molecule has 52 heavy (non-hydrogen) atoms. The third kappa shape index (κ3) is 31.9. The Morgan fingerprint density at radius 2 is 0.769 bits per heavy atom. The highest BCUT2D eigenvalue weighted by Gasteiger charge is 2.22. The predicted octanol–water partition coefficient (Wildman–Crippen LogP) is 8.33. The average molecular weight is 735 g/mol. The third-order valence-corrected chi connectivity index (χ3v) is 9.60. The van der Waals surface area contributed by atoms with E-state index in [0.29, 0.717) is 38.8 Å². The van der Waals surface area contributed by atoms with Crippen LogP contribution in [0.3, 0.4) is 0 Å². The van der Waals surface area contributed by atoms with E-state index in [1.165, 1.54) is 117 Å². The topological polar surface area (TPSA) is 151 Å². The molecule has 0 aromatic rings. The molecule has 0 aromatic carbocycles. The molecule has 0 aromatic heterocycles. The molecule has 10 nitrogen and oxygen atoms in total. The first kappa shape index (κ1) is 49.2. The van der Waals surface area contributed by atoms with Crippen molar-refractivity contribution in [2.45, 2.75) is 220 Å². The van der Waals surface area contributed by atoms with Crippen LogP contribution in [0, 0.1) is 0 Å². The van der Waals surface area contributed by atoms with Crippen LogP contribution in [0.4, 0.5) is 0 Å². The summed E-state index contributed by atoms with van der Waals surface area (Å²) in [7, 11) is 0. The van der Waals surface area contributed by atoms with Crippen LogP contribution in [-0.4, -0.2) is 60.4 Å². The lowest BCUT2D eigenvalue weighted by molar-refractivity contribution is -0.131. The van der Waals surface area contributed by atoms with Gasteiger partial charge in [-0.3, -0.25) is 28.8 Å². The second-order valence-corrected chi connectivity index (χ2v) is 14.9. The van der Waals surface area contributed by atoms with Gasteiger partial charge in [-0.25, -0.2) is 0 Å².